The van der Waals surface area contributed by atoms with E-state index < -0.39 is 24.0 Å². The number of aliphatic hydroxyl groups excluding tert-OH is 1. The number of aryl methyl sites for hydroxylation is 1. The Hall–Kier alpha value is -2.24. The molecule has 3 aromatic rings. The van der Waals surface area contributed by atoms with Crippen LogP contribution in [0.5, 0.6) is 5.75 Å². The van der Waals surface area contributed by atoms with Gasteiger partial charge in [0, 0.05) is 35.0 Å². The lowest BCUT2D eigenvalue weighted by atomic mass is 9.83. The van der Waals surface area contributed by atoms with Crippen molar-refractivity contribution in [3.05, 3.63) is 63.3 Å². The average Bonchev–Trinajstić information content (AvgIpc) is 3.20. The number of tetrazole rings is 1. The number of hydrogen-bond donors (Lipinski definition) is 1. The van der Waals surface area contributed by atoms with Crippen LogP contribution < -0.4 is 9.64 Å². The second-order valence-electron chi connectivity index (χ2n) is 7.96. The molecule has 4 rings (SSSR count). The van der Waals surface area contributed by atoms with Crippen LogP contribution in [-0.4, -0.2) is 57.5 Å². The molecule has 0 fully saturated rings. The second kappa shape index (κ2) is 9.55. The molecule has 176 valence electrons. The van der Waals surface area contributed by atoms with Crippen molar-refractivity contribution in [2.45, 2.75) is 37.5 Å². The largest absolute Gasteiger partial charge is 0.479 e. The molecule has 33 heavy (non-hydrogen) atoms. The van der Waals surface area contributed by atoms with E-state index in [0.29, 0.717) is 16.6 Å². The summed E-state index contributed by atoms with van der Waals surface area (Å²) in [5.74, 6) is 1.11. The lowest BCUT2D eigenvalue weighted by molar-refractivity contribution is -0.237. The zero-order valence-electron chi connectivity index (χ0n) is 18.6. The van der Waals surface area contributed by atoms with Gasteiger partial charge in [0.25, 0.3) is 0 Å². The van der Waals surface area contributed by atoms with E-state index in [1.54, 1.807) is 26.1 Å². The summed E-state index contributed by atoms with van der Waals surface area (Å²) in [5, 5.41) is 24.9. The highest BCUT2D eigenvalue weighted by Crippen LogP contribution is 2.47. The fourth-order valence-corrected chi connectivity index (χ4v) is 4.74. The van der Waals surface area contributed by atoms with Crippen LogP contribution in [0.2, 0.25) is 5.02 Å². The molecule has 0 saturated carbocycles. The highest BCUT2D eigenvalue weighted by Gasteiger charge is 2.54. The highest BCUT2D eigenvalue weighted by atomic mass is 79.9. The van der Waals surface area contributed by atoms with Gasteiger partial charge in [0.2, 0.25) is 0 Å². The van der Waals surface area contributed by atoms with Crippen molar-refractivity contribution in [2.75, 3.05) is 19.1 Å². The van der Waals surface area contributed by atoms with Gasteiger partial charge in [0.1, 0.15) is 11.9 Å². The van der Waals surface area contributed by atoms with E-state index in [1.165, 1.54) is 19.0 Å². The number of methoxy groups -OCH3 is 2. The highest BCUT2D eigenvalue weighted by molar-refractivity contribution is 9.10. The Labute approximate surface area is 205 Å². The number of anilines is 1. The summed E-state index contributed by atoms with van der Waals surface area (Å²) in [6.07, 6.45) is -1.88. The Morgan fingerprint density at radius 2 is 1.94 bits per heavy atom. The van der Waals surface area contributed by atoms with E-state index in [9.17, 15) is 5.11 Å². The Bertz CT molecular complexity index is 1110. The minimum atomic E-state index is -1.21. The van der Waals surface area contributed by atoms with Gasteiger partial charge in [0.05, 0.1) is 19.6 Å². The molecule has 0 spiro atoms. The van der Waals surface area contributed by atoms with Gasteiger partial charge in [-0.15, -0.1) is 10.2 Å². The van der Waals surface area contributed by atoms with Crippen LogP contribution in [0, 0.1) is 0 Å². The van der Waals surface area contributed by atoms with Gasteiger partial charge in [-0.05, 0) is 54.6 Å². The summed E-state index contributed by atoms with van der Waals surface area (Å²) >= 11 is 9.70. The number of benzene rings is 2. The quantitative estimate of drug-likeness (QED) is 0.457. The van der Waals surface area contributed by atoms with Crippen molar-refractivity contribution < 1.29 is 19.3 Å². The number of fused-ring (bicyclic) bond motifs is 1. The number of nitrogens with zero attached hydrogens (tertiary/aromatic N) is 5. The zero-order valence-corrected chi connectivity index (χ0v) is 21.0. The molecule has 9 nitrogen and oxygen atoms in total. The minimum absolute atomic E-state index is 0.282. The van der Waals surface area contributed by atoms with Crippen molar-refractivity contribution in [1.29, 1.82) is 0 Å². The summed E-state index contributed by atoms with van der Waals surface area (Å²) in [6.45, 7) is 2.05. The zero-order chi connectivity index (χ0) is 23.8. The minimum Gasteiger partial charge on any atom is -0.479 e. The number of aliphatic hydroxyl groups is 1. The van der Waals surface area contributed by atoms with E-state index in [4.69, 9.17) is 25.8 Å². The van der Waals surface area contributed by atoms with Crippen LogP contribution in [0.4, 0.5) is 5.69 Å². The number of aromatic nitrogens is 4. The molecule has 2 heterocycles. The van der Waals surface area contributed by atoms with Crippen molar-refractivity contribution >= 4 is 33.2 Å². The molecule has 0 amide bonds. The van der Waals surface area contributed by atoms with Gasteiger partial charge in [-0.25, -0.2) is 0 Å². The average molecular weight is 539 g/mol. The fourth-order valence-electron chi connectivity index (χ4n) is 4.24. The fraction of sp³-hybridized carbons (Fsp3) is 0.409. The molecular weight excluding hydrogens is 514 g/mol. The topological polar surface area (TPSA) is 94.8 Å². The molecule has 3 atom stereocenters. The SMILES string of the molecule is COC(OC)[C@@]1(C)Oc2ccc(Br)cc2[C@H](N(Cc2nnn(C)n2)c2ccc(Cl)cc2)[C@H]1O. The summed E-state index contributed by atoms with van der Waals surface area (Å²) < 4.78 is 18.2. The van der Waals surface area contributed by atoms with Crippen LogP contribution >= 0.6 is 27.5 Å². The van der Waals surface area contributed by atoms with Gasteiger partial charge < -0.3 is 24.2 Å². The molecule has 2 aromatic carbocycles. The summed E-state index contributed by atoms with van der Waals surface area (Å²) in [5.41, 5.74) is 0.395. The van der Waals surface area contributed by atoms with Gasteiger partial charge >= 0.3 is 0 Å². The van der Waals surface area contributed by atoms with E-state index in [2.05, 4.69) is 31.3 Å². The first-order valence-electron chi connectivity index (χ1n) is 10.2. The van der Waals surface area contributed by atoms with Crippen LogP contribution in [0.1, 0.15) is 24.4 Å². The third kappa shape index (κ3) is 4.58. The molecule has 0 radical (unpaired) electrons. The number of hydrogen-bond acceptors (Lipinski definition) is 8. The van der Waals surface area contributed by atoms with Gasteiger partial charge in [0.15, 0.2) is 17.7 Å². The Kier molecular flexibility index (Phi) is 6.92. The monoisotopic (exact) mass is 537 g/mol. The molecule has 0 unspecified atom stereocenters. The predicted octanol–water partition coefficient (Wildman–Crippen LogP) is 3.50. The first-order chi connectivity index (χ1) is 15.8. The van der Waals surface area contributed by atoms with E-state index in [0.717, 1.165) is 15.7 Å². The molecule has 1 aliphatic rings. The van der Waals surface area contributed by atoms with Crippen LogP contribution in [0.3, 0.4) is 0 Å². The second-order valence-corrected chi connectivity index (χ2v) is 9.31. The number of ether oxygens (including phenoxy) is 3. The maximum atomic E-state index is 11.8. The van der Waals surface area contributed by atoms with Crippen molar-refractivity contribution in [2.24, 2.45) is 7.05 Å². The Morgan fingerprint density at radius 3 is 2.55 bits per heavy atom. The van der Waals surface area contributed by atoms with E-state index in [1.807, 2.05) is 35.2 Å². The summed E-state index contributed by atoms with van der Waals surface area (Å²) in [7, 11) is 4.74. The molecule has 0 saturated heterocycles. The van der Waals surface area contributed by atoms with Crippen molar-refractivity contribution in [3.8, 4) is 5.75 Å². The standard InChI is InChI=1S/C22H25BrClN5O4/c1-22(21(31-3)32-4)20(30)19(16-11-13(23)5-10-17(16)33-22)29(12-18-25-27-28(2)26-18)15-8-6-14(24)7-9-15/h5-11,19-21,30H,12H2,1-4H3/t19-,20+,22-/m0/s1. The summed E-state index contributed by atoms with van der Waals surface area (Å²) in [4.78, 5) is 3.41. The summed E-state index contributed by atoms with van der Waals surface area (Å²) in [6, 6.07) is 12.5. The molecular formula is C22H25BrClN5O4. The van der Waals surface area contributed by atoms with E-state index in [-0.39, 0.29) is 6.54 Å². The molecule has 0 aliphatic carbocycles. The third-order valence-electron chi connectivity index (χ3n) is 5.76. The first kappa shape index (κ1) is 23.9. The number of rotatable bonds is 7. The number of halogens is 2. The first-order valence-corrected chi connectivity index (χ1v) is 11.4. The van der Waals surface area contributed by atoms with Gasteiger partial charge in [-0.3, -0.25) is 0 Å². The van der Waals surface area contributed by atoms with Gasteiger partial charge in [-0.1, -0.05) is 27.5 Å². The molecule has 0 bridgehead atoms. The maximum Gasteiger partial charge on any atom is 0.199 e. The van der Waals surface area contributed by atoms with E-state index >= 15 is 0 Å². The molecule has 11 heteroatoms. The Morgan fingerprint density at radius 1 is 1.24 bits per heavy atom. The lowest BCUT2D eigenvalue weighted by Gasteiger charge is -2.49. The van der Waals surface area contributed by atoms with Crippen LogP contribution in [0.25, 0.3) is 0 Å². The van der Waals surface area contributed by atoms with Crippen molar-refractivity contribution in [3.63, 3.8) is 0 Å². The molecule has 1 aromatic heterocycles. The molecule has 1 N–H and O–H groups in total. The predicted molar refractivity (Wildman–Crippen MR) is 126 cm³/mol. The normalized spacial score (nSPS) is 22.2. The van der Waals surface area contributed by atoms with Crippen molar-refractivity contribution in [1.82, 2.24) is 20.2 Å². The van der Waals surface area contributed by atoms with Crippen LogP contribution in [0.15, 0.2) is 46.9 Å². The third-order valence-corrected chi connectivity index (χ3v) is 6.50. The Balaban J connectivity index is 1.89. The van der Waals surface area contributed by atoms with Crippen LogP contribution in [-0.2, 0) is 23.1 Å². The molecule has 1 aliphatic heterocycles. The van der Waals surface area contributed by atoms with Gasteiger partial charge in [-0.2, -0.15) is 4.80 Å². The maximum absolute atomic E-state index is 11.8. The lowest BCUT2D eigenvalue weighted by Crippen LogP contribution is -2.62. The smallest absolute Gasteiger partial charge is 0.199 e.